The van der Waals surface area contributed by atoms with E-state index in [0.717, 1.165) is 22.6 Å². The van der Waals surface area contributed by atoms with E-state index < -0.39 is 0 Å². The second-order valence-electron chi connectivity index (χ2n) is 6.11. The molecule has 0 radical (unpaired) electrons. The number of fused-ring (bicyclic) bond motifs is 1. The summed E-state index contributed by atoms with van der Waals surface area (Å²) in [6.07, 6.45) is 1.65. The van der Waals surface area contributed by atoms with Crippen molar-refractivity contribution in [1.29, 1.82) is 0 Å². The molecule has 0 bridgehead atoms. The fraction of sp³-hybridized carbons (Fsp3) is 0.333. The van der Waals surface area contributed by atoms with Gasteiger partial charge in [0.05, 0.1) is 26.0 Å². The van der Waals surface area contributed by atoms with Gasteiger partial charge in [-0.1, -0.05) is 30.3 Å². The smallest absolute Gasteiger partial charge is 0.138 e. The summed E-state index contributed by atoms with van der Waals surface area (Å²) in [6, 6.07) is 11.0. The van der Waals surface area contributed by atoms with Crippen molar-refractivity contribution >= 4 is 27.4 Å². The number of hydrogen-bond acceptors (Lipinski definition) is 4. The van der Waals surface area contributed by atoms with Crippen molar-refractivity contribution in [2.45, 2.75) is 19.9 Å². The third kappa shape index (κ3) is 3.21. The Kier molecular flexibility index (Phi) is 4.59. The summed E-state index contributed by atoms with van der Waals surface area (Å²) >= 11 is 1.73. The maximum absolute atomic E-state index is 4.48. The SMILES string of the molecule is Cc1sc2ncnc(NC[C@H](c3ccccc3)[NH+](C)C)c2c1C. The fourth-order valence-electron chi connectivity index (χ4n) is 2.86. The predicted octanol–water partition coefficient (Wildman–Crippen LogP) is 2.61. The van der Waals surface area contributed by atoms with Crippen LogP contribution in [0.2, 0.25) is 0 Å². The van der Waals surface area contributed by atoms with Crippen molar-refractivity contribution in [1.82, 2.24) is 9.97 Å². The summed E-state index contributed by atoms with van der Waals surface area (Å²) in [4.78, 5) is 12.7. The number of quaternary nitrogens is 1. The second-order valence-corrected chi connectivity index (χ2v) is 7.31. The van der Waals surface area contributed by atoms with E-state index in [4.69, 9.17) is 0 Å². The Morgan fingerprint density at radius 1 is 1.13 bits per heavy atom. The van der Waals surface area contributed by atoms with E-state index in [-0.39, 0.29) is 0 Å². The summed E-state index contributed by atoms with van der Waals surface area (Å²) in [7, 11) is 4.38. The molecule has 0 spiro atoms. The summed E-state index contributed by atoms with van der Waals surface area (Å²) in [5, 5.41) is 4.72. The number of nitrogens with one attached hydrogen (secondary N) is 2. The number of anilines is 1. The first-order valence-electron chi connectivity index (χ1n) is 7.87. The van der Waals surface area contributed by atoms with E-state index in [0.29, 0.717) is 6.04 Å². The second kappa shape index (κ2) is 6.64. The first-order valence-corrected chi connectivity index (χ1v) is 8.69. The van der Waals surface area contributed by atoms with Crippen LogP contribution in [-0.4, -0.2) is 30.6 Å². The van der Waals surface area contributed by atoms with E-state index >= 15 is 0 Å². The van der Waals surface area contributed by atoms with Crippen LogP contribution in [0.5, 0.6) is 0 Å². The monoisotopic (exact) mass is 327 g/mol. The van der Waals surface area contributed by atoms with Gasteiger partial charge in [0, 0.05) is 10.4 Å². The number of aromatic nitrogens is 2. The normalized spacial score (nSPS) is 12.7. The maximum Gasteiger partial charge on any atom is 0.138 e. The van der Waals surface area contributed by atoms with Gasteiger partial charge in [-0.3, -0.25) is 0 Å². The van der Waals surface area contributed by atoms with Crippen molar-refractivity contribution in [3.63, 3.8) is 0 Å². The lowest BCUT2D eigenvalue weighted by atomic mass is 10.1. The van der Waals surface area contributed by atoms with Gasteiger partial charge in [-0.05, 0) is 19.4 Å². The highest BCUT2D eigenvalue weighted by Gasteiger charge is 2.19. The summed E-state index contributed by atoms with van der Waals surface area (Å²) in [5.74, 6) is 0.944. The van der Waals surface area contributed by atoms with E-state index in [1.807, 2.05) is 0 Å². The molecule has 3 rings (SSSR count). The first-order chi connectivity index (χ1) is 11.1. The molecule has 120 valence electrons. The number of benzene rings is 1. The number of aryl methyl sites for hydroxylation is 2. The number of hydrogen-bond donors (Lipinski definition) is 2. The van der Waals surface area contributed by atoms with Crippen LogP contribution in [0.4, 0.5) is 5.82 Å². The molecule has 3 aromatic rings. The molecule has 0 amide bonds. The summed E-state index contributed by atoms with van der Waals surface area (Å²) in [5.41, 5.74) is 2.62. The van der Waals surface area contributed by atoms with Crippen LogP contribution in [0.1, 0.15) is 22.0 Å². The molecule has 2 heterocycles. The molecule has 0 fully saturated rings. The molecular weight excluding hydrogens is 304 g/mol. The molecule has 4 nitrogen and oxygen atoms in total. The highest BCUT2D eigenvalue weighted by Crippen LogP contribution is 2.32. The first kappa shape index (κ1) is 15.9. The van der Waals surface area contributed by atoms with Gasteiger partial charge >= 0.3 is 0 Å². The van der Waals surface area contributed by atoms with Gasteiger partial charge in [-0.15, -0.1) is 11.3 Å². The van der Waals surface area contributed by atoms with E-state index in [1.54, 1.807) is 17.7 Å². The Morgan fingerprint density at radius 3 is 2.57 bits per heavy atom. The molecule has 2 N–H and O–H groups in total. The number of thiophene rings is 1. The zero-order valence-corrected chi connectivity index (χ0v) is 14.9. The number of rotatable bonds is 5. The fourth-order valence-corrected chi connectivity index (χ4v) is 3.85. The lowest BCUT2D eigenvalue weighted by molar-refractivity contribution is -0.890. The predicted molar refractivity (Wildman–Crippen MR) is 97.4 cm³/mol. The summed E-state index contributed by atoms with van der Waals surface area (Å²) < 4.78 is 0. The molecule has 23 heavy (non-hydrogen) atoms. The average Bonchev–Trinajstić information content (AvgIpc) is 2.84. The van der Waals surface area contributed by atoms with Crippen LogP contribution in [0.25, 0.3) is 10.2 Å². The lowest BCUT2D eigenvalue weighted by Gasteiger charge is -2.22. The third-order valence-corrected chi connectivity index (χ3v) is 5.45. The largest absolute Gasteiger partial charge is 0.363 e. The highest BCUT2D eigenvalue weighted by atomic mass is 32.1. The van der Waals surface area contributed by atoms with Gasteiger partial charge in [0.15, 0.2) is 0 Å². The standard InChI is InChI=1S/C18H22N4S/c1-12-13(2)23-18-16(12)17(20-11-21-18)19-10-15(22(3)4)14-8-6-5-7-9-14/h5-9,11,15H,10H2,1-4H3,(H,19,20,21)/p+1/t15-/m1/s1. The Bertz CT molecular complexity index is 795. The Hall–Kier alpha value is -1.98. The van der Waals surface area contributed by atoms with Crippen molar-refractivity contribution in [3.8, 4) is 0 Å². The van der Waals surface area contributed by atoms with Crippen LogP contribution in [0.3, 0.4) is 0 Å². The van der Waals surface area contributed by atoms with Crippen LogP contribution < -0.4 is 10.2 Å². The minimum atomic E-state index is 0.376. The van der Waals surface area contributed by atoms with E-state index in [1.165, 1.54) is 20.9 Å². The third-order valence-electron chi connectivity index (χ3n) is 4.34. The Balaban J connectivity index is 1.87. The molecule has 2 aromatic heterocycles. The quantitative estimate of drug-likeness (QED) is 0.757. The van der Waals surface area contributed by atoms with Gasteiger partial charge in [0.25, 0.3) is 0 Å². The van der Waals surface area contributed by atoms with Gasteiger partial charge in [0.1, 0.15) is 23.0 Å². The lowest BCUT2D eigenvalue weighted by Crippen LogP contribution is -3.06. The Morgan fingerprint density at radius 2 is 1.87 bits per heavy atom. The van der Waals surface area contributed by atoms with E-state index in [2.05, 4.69) is 73.6 Å². The molecule has 0 aliphatic carbocycles. The molecule has 0 saturated heterocycles. The van der Waals surface area contributed by atoms with Crippen molar-refractivity contribution in [2.75, 3.05) is 26.0 Å². The van der Waals surface area contributed by atoms with Crippen molar-refractivity contribution in [3.05, 3.63) is 52.7 Å². The maximum atomic E-state index is 4.48. The number of nitrogens with zero attached hydrogens (tertiary/aromatic N) is 2. The molecule has 1 atom stereocenters. The van der Waals surface area contributed by atoms with Crippen molar-refractivity contribution in [2.24, 2.45) is 0 Å². The molecule has 5 heteroatoms. The molecule has 0 saturated carbocycles. The molecule has 0 unspecified atom stereocenters. The van der Waals surface area contributed by atoms with E-state index in [9.17, 15) is 0 Å². The molecule has 0 aliphatic rings. The van der Waals surface area contributed by atoms with Gasteiger partial charge in [-0.25, -0.2) is 9.97 Å². The van der Waals surface area contributed by atoms with Crippen LogP contribution >= 0.6 is 11.3 Å². The highest BCUT2D eigenvalue weighted by molar-refractivity contribution is 7.18. The minimum absolute atomic E-state index is 0.376. The van der Waals surface area contributed by atoms with Crippen molar-refractivity contribution < 1.29 is 4.90 Å². The van der Waals surface area contributed by atoms with Crippen LogP contribution in [0.15, 0.2) is 36.7 Å². The molecule has 0 aliphatic heterocycles. The van der Waals surface area contributed by atoms with Crippen LogP contribution in [-0.2, 0) is 0 Å². The average molecular weight is 327 g/mol. The molecule has 1 aromatic carbocycles. The van der Waals surface area contributed by atoms with Gasteiger partial charge < -0.3 is 10.2 Å². The van der Waals surface area contributed by atoms with Crippen LogP contribution in [0, 0.1) is 13.8 Å². The zero-order valence-electron chi connectivity index (χ0n) is 14.1. The van der Waals surface area contributed by atoms with Gasteiger partial charge in [0.2, 0.25) is 0 Å². The number of likely N-dealkylation sites (N-methyl/N-ethyl adjacent to an activating group) is 1. The van der Waals surface area contributed by atoms with Gasteiger partial charge in [-0.2, -0.15) is 0 Å². The summed E-state index contributed by atoms with van der Waals surface area (Å²) in [6.45, 7) is 5.13. The molecular formula is C18H23N4S+. The minimum Gasteiger partial charge on any atom is -0.363 e. The topological polar surface area (TPSA) is 42.2 Å². The zero-order chi connectivity index (χ0) is 16.4. The Labute approximate surface area is 141 Å².